The molecule has 2 N–H and O–H groups in total. The molecule has 2 aromatic heterocycles. The summed E-state index contributed by atoms with van der Waals surface area (Å²) in [6.45, 7) is 0.630. The molecular weight excluding hydrogens is 326 g/mol. The summed E-state index contributed by atoms with van der Waals surface area (Å²) in [5.74, 6) is 2.03. The van der Waals surface area contributed by atoms with Crippen LogP contribution in [0.25, 0.3) is 0 Å². The van der Waals surface area contributed by atoms with Crippen LogP contribution in [0.4, 0.5) is 17.3 Å². The summed E-state index contributed by atoms with van der Waals surface area (Å²) in [5.41, 5.74) is 1.81. The van der Waals surface area contributed by atoms with Gasteiger partial charge in [-0.2, -0.15) is 0 Å². The van der Waals surface area contributed by atoms with Crippen LogP contribution in [0, 0.1) is 0 Å². The fourth-order valence-electron chi connectivity index (χ4n) is 2.13. The summed E-state index contributed by atoms with van der Waals surface area (Å²) >= 11 is 6.04. The number of hydrogen-bond acceptors (Lipinski definition) is 6. The Labute approximate surface area is 144 Å². The van der Waals surface area contributed by atoms with E-state index in [4.69, 9.17) is 16.3 Å². The maximum absolute atomic E-state index is 6.04. The Hall–Kier alpha value is -2.86. The molecule has 0 radical (unpaired) electrons. The van der Waals surface area contributed by atoms with Gasteiger partial charge >= 0.3 is 0 Å². The van der Waals surface area contributed by atoms with Crippen molar-refractivity contribution in [1.29, 1.82) is 0 Å². The normalized spacial score (nSPS) is 10.2. The molecule has 3 aromatic rings. The number of anilines is 3. The molecule has 3 rings (SSSR count). The zero-order chi connectivity index (χ0) is 16.8. The Morgan fingerprint density at radius 3 is 2.79 bits per heavy atom. The van der Waals surface area contributed by atoms with Crippen molar-refractivity contribution < 1.29 is 4.74 Å². The summed E-state index contributed by atoms with van der Waals surface area (Å²) in [4.78, 5) is 12.5. The van der Waals surface area contributed by atoms with E-state index < -0.39 is 0 Å². The number of nitrogens with one attached hydrogen (secondary N) is 2. The first kappa shape index (κ1) is 16.0. The number of pyridine rings is 1. The lowest BCUT2D eigenvalue weighted by molar-refractivity contribution is 0.417. The fraction of sp³-hybridized carbons (Fsp3) is 0.118. The van der Waals surface area contributed by atoms with Crippen molar-refractivity contribution in [2.75, 3.05) is 17.7 Å². The van der Waals surface area contributed by atoms with Crippen molar-refractivity contribution in [2.45, 2.75) is 6.54 Å². The van der Waals surface area contributed by atoms with Crippen LogP contribution in [0.15, 0.2) is 55.1 Å². The Kier molecular flexibility index (Phi) is 5.08. The minimum Gasteiger partial charge on any atom is -0.495 e. The van der Waals surface area contributed by atoms with Crippen molar-refractivity contribution in [2.24, 2.45) is 0 Å². The zero-order valence-corrected chi connectivity index (χ0v) is 13.8. The topological polar surface area (TPSA) is 72.0 Å². The number of aromatic nitrogens is 3. The standard InChI is InChI=1S/C17H16ClN5O/c1-24-15-5-4-13(18)7-14(15)23-17-8-16(21-11-22-17)20-10-12-3-2-6-19-9-12/h2-9,11H,10H2,1H3,(H2,20,21,22,23). The van der Waals surface area contributed by atoms with Crippen LogP contribution in [-0.4, -0.2) is 22.1 Å². The molecule has 0 saturated carbocycles. The minimum atomic E-state index is 0.613. The molecule has 0 unspecified atom stereocenters. The van der Waals surface area contributed by atoms with Gasteiger partial charge in [-0.3, -0.25) is 4.98 Å². The Bertz CT molecular complexity index is 813. The lowest BCUT2D eigenvalue weighted by Crippen LogP contribution is -2.03. The van der Waals surface area contributed by atoms with Crippen molar-refractivity contribution in [3.05, 3.63) is 65.7 Å². The van der Waals surface area contributed by atoms with Crippen LogP contribution in [0.2, 0.25) is 5.02 Å². The van der Waals surface area contributed by atoms with E-state index in [2.05, 4.69) is 25.6 Å². The maximum Gasteiger partial charge on any atom is 0.142 e. The lowest BCUT2D eigenvalue weighted by Gasteiger charge is -2.12. The quantitative estimate of drug-likeness (QED) is 0.708. The van der Waals surface area contributed by atoms with Gasteiger partial charge in [-0.15, -0.1) is 0 Å². The van der Waals surface area contributed by atoms with Gasteiger partial charge in [-0.05, 0) is 29.8 Å². The number of rotatable bonds is 6. The van der Waals surface area contributed by atoms with Gasteiger partial charge in [0.1, 0.15) is 23.7 Å². The second kappa shape index (κ2) is 7.61. The first-order valence-electron chi connectivity index (χ1n) is 7.30. The molecule has 0 bridgehead atoms. The summed E-state index contributed by atoms with van der Waals surface area (Å²) in [5, 5.41) is 7.04. The first-order chi connectivity index (χ1) is 11.7. The maximum atomic E-state index is 6.04. The van der Waals surface area contributed by atoms with Gasteiger partial charge in [-0.25, -0.2) is 9.97 Å². The SMILES string of the molecule is COc1ccc(Cl)cc1Nc1cc(NCc2cccnc2)ncn1. The summed E-state index contributed by atoms with van der Waals surface area (Å²) in [7, 11) is 1.61. The molecule has 0 spiro atoms. The summed E-state index contributed by atoms with van der Waals surface area (Å²) in [6, 6.07) is 11.1. The van der Waals surface area contributed by atoms with E-state index in [1.807, 2.05) is 24.4 Å². The van der Waals surface area contributed by atoms with Gasteiger partial charge in [0.05, 0.1) is 12.8 Å². The van der Waals surface area contributed by atoms with Gasteiger partial charge in [0, 0.05) is 30.0 Å². The van der Waals surface area contributed by atoms with E-state index in [-0.39, 0.29) is 0 Å². The van der Waals surface area contributed by atoms with Gasteiger partial charge < -0.3 is 15.4 Å². The van der Waals surface area contributed by atoms with Crippen molar-refractivity contribution in [3.8, 4) is 5.75 Å². The van der Waals surface area contributed by atoms with Crippen molar-refractivity contribution in [3.63, 3.8) is 0 Å². The number of ether oxygens (including phenoxy) is 1. The first-order valence-corrected chi connectivity index (χ1v) is 7.68. The van der Waals surface area contributed by atoms with Gasteiger partial charge in [0.15, 0.2) is 0 Å². The largest absolute Gasteiger partial charge is 0.495 e. The second-order valence-electron chi connectivity index (χ2n) is 4.97. The molecule has 0 saturated heterocycles. The minimum absolute atomic E-state index is 0.613. The summed E-state index contributed by atoms with van der Waals surface area (Å²) < 4.78 is 5.32. The molecule has 0 fully saturated rings. The average Bonchev–Trinajstić information content (AvgIpc) is 2.61. The van der Waals surface area contributed by atoms with Gasteiger partial charge in [-0.1, -0.05) is 17.7 Å². The lowest BCUT2D eigenvalue weighted by atomic mass is 10.3. The number of hydrogen-bond donors (Lipinski definition) is 2. The molecule has 1 aromatic carbocycles. The highest BCUT2D eigenvalue weighted by Gasteiger charge is 2.06. The smallest absolute Gasteiger partial charge is 0.142 e. The monoisotopic (exact) mass is 341 g/mol. The van der Waals surface area contributed by atoms with Crippen molar-refractivity contribution in [1.82, 2.24) is 15.0 Å². The highest BCUT2D eigenvalue weighted by molar-refractivity contribution is 6.31. The fourth-order valence-corrected chi connectivity index (χ4v) is 2.31. The van der Waals surface area contributed by atoms with E-state index in [9.17, 15) is 0 Å². The Morgan fingerprint density at radius 1 is 1.12 bits per heavy atom. The van der Waals surface area contributed by atoms with E-state index in [1.165, 1.54) is 6.33 Å². The van der Waals surface area contributed by atoms with E-state index in [0.29, 0.717) is 29.0 Å². The zero-order valence-electron chi connectivity index (χ0n) is 13.0. The summed E-state index contributed by atoms with van der Waals surface area (Å²) in [6.07, 6.45) is 5.05. The molecule has 2 heterocycles. The molecule has 0 atom stereocenters. The molecule has 0 aliphatic heterocycles. The molecular formula is C17H16ClN5O. The van der Waals surface area contributed by atoms with Crippen LogP contribution in [0.1, 0.15) is 5.56 Å². The molecule has 0 aliphatic carbocycles. The number of methoxy groups -OCH3 is 1. The van der Waals surface area contributed by atoms with Crippen LogP contribution in [0.5, 0.6) is 5.75 Å². The van der Waals surface area contributed by atoms with Crippen LogP contribution < -0.4 is 15.4 Å². The number of nitrogens with zero attached hydrogens (tertiary/aromatic N) is 3. The molecule has 122 valence electrons. The van der Waals surface area contributed by atoms with Crippen molar-refractivity contribution >= 4 is 28.9 Å². The highest BCUT2D eigenvalue weighted by Crippen LogP contribution is 2.30. The third-order valence-corrected chi connectivity index (χ3v) is 3.52. The predicted octanol–water partition coefficient (Wildman–Crippen LogP) is 3.89. The van der Waals surface area contributed by atoms with E-state index in [0.717, 1.165) is 11.3 Å². The third-order valence-electron chi connectivity index (χ3n) is 3.29. The molecule has 0 amide bonds. The number of halogens is 1. The van der Waals surface area contributed by atoms with E-state index >= 15 is 0 Å². The van der Waals surface area contributed by atoms with Gasteiger partial charge in [0.25, 0.3) is 0 Å². The number of benzene rings is 1. The van der Waals surface area contributed by atoms with Crippen LogP contribution >= 0.6 is 11.6 Å². The molecule has 6 nitrogen and oxygen atoms in total. The Balaban J connectivity index is 1.72. The highest BCUT2D eigenvalue weighted by atomic mass is 35.5. The molecule has 0 aliphatic rings. The van der Waals surface area contributed by atoms with Crippen LogP contribution in [-0.2, 0) is 6.54 Å². The average molecular weight is 342 g/mol. The van der Waals surface area contributed by atoms with E-state index in [1.54, 1.807) is 31.5 Å². The van der Waals surface area contributed by atoms with Crippen LogP contribution in [0.3, 0.4) is 0 Å². The van der Waals surface area contributed by atoms with Gasteiger partial charge in [0.2, 0.25) is 0 Å². The Morgan fingerprint density at radius 2 is 2.00 bits per heavy atom. The predicted molar refractivity (Wildman–Crippen MR) is 94.9 cm³/mol. The molecule has 7 heteroatoms. The third kappa shape index (κ3) is 4.11. The second-order valence-corrected chi connectivity index (χ2v) is 5.41. The molecule has 24 heavy (non-hydrogen) atoms.